The molecule has 41 heavy (non-hydrogen) atoms. The van der Waals surface area contributed by atoms with Crippen LogP contribution in [0.4, 0.5) is 10.1 Å². The molecule has 0 aliphatic rings. The normalized spacial score (nSPS) is 11.5. The Labute approximate surface area is 237 Å². The largest absolute Gasteiger partial charge is 0.355 e. The Morgan fingerprint density at radius 1 is 0.878 bits per heavy atom. The van der Waals surface area contributed by atoms with Gasteiger partial charge in [0.05, 0.1) is 18.3 Å². The van der Waals surface area contributed by atoms with Crippen molar-refractivity contribution in [3.05, 3.63) is 123 Å². The molecule has 0 aliphatic carbocycles. The summed E-state index contributed by atoms with van der Waals surface area (Å²) in [6.07, 6.45) is 0. The number of halogens is 1. The fourth-order valence-corrected chi connectivity index (χ4v) is 4.38. The van der Waals surface area contributed by atoms with Gasteiger partial charge in [-0.05, 0) is 86.6 Å². The second-order valence-corrected chi connectivity index (χ2v) is 9.67. The molecule has 0 aliphatic heterocycles. The van der Waals surface area contributed by atoms with Crippen LogP contribution in [-0.4, -0.2) is 42.3 Å². The predicted molar refractivity (Wildman–Crippen MR) is 157 cm³/mol. The maximum Gasteiger partial charge on any atom is 0.275 e. The Morgan fingerprint density at radius 3 is 2.27 bits per heavy atom. The summed E-state index contributed by atoms with van der Waals surface area (Å²) in [7, 11) is 3.19. The number of nitrogens with zero attached hydrogens (tertiary/aromatic N) is 1. The fourth-order valence-electron chi connectivity index (χ4n) is 4.38. The highest BCUT2D eigenvalue weighted by Gasteiger charge is 2.18. The molecule has 0 spiro atoms. The van der Waals surface area contributed by atoms with Crippen LogP contribution < -0.4 is 21.5 Å². The molecule has 3 N–H and O–H groups in total. The van der Waals surface area contributed by atoms with E-state index in [1.165, 1.54) is 28.8 Å². The lowest BCUT2D eigenvalue weighted by atomic mass is 9.99. The minimum Gasteiger partial charge on any atom is -0.355 e. The number of likely N-dealkylation sites (N-methyl/N-ethyl adjacent to an activating group) is 1. The maximum absolute atomic E-state index is 13.8. The summed E-state index contributed by atoms with van der Waals surface area (Å²) in [5.74, 6) is -1.35. The molecule has 0 fully saturated rings. The van der Waals surface area contributed by atoms with Gasteiger partial charge in [0.25, 0.3) is 11.5 Å². The lowest BCUT2D eigenvalue weighted by molar-refractivity contribution is -0.117. The second-order valence-electron chi connectivity index (χ2n) is 9.67. The van der Waals surface area contributed by atoms with Crippen LogP contribution in [-0.2, 0) is 11.3 Å². The number of nitrogens with one attached hydrogen (secondary N) is 3. The van der Waals surface area contributed by atoms with Gasteiger partial charge in [0, 0.05) is 29.3 Å². The first kappa shape index (κ1) is 29.1. The molecule has 1 heterocycles. The van der Waals surface area contributed by atoms with Crippen LogP contribution >= 0.6 is 0 Å². The van der Waals surface area contributed by atoms with Crippen molar-refractivity contribution in [2.24, 2.45) is 0 Å². The van der Waals surface area contributed by atoms with Gasteiger partial charge in [-0.1, -0.05) is 24.3 Å². The number of rotatable bonds is 9. The van der Waals surface area contributed by atoms with Gasteiger partial charge < -0.3 is 20.5 Å². The number of hydrogen-bond donors (Lipinski definition) is 3. The molecule has 1 atom stereocenters. The molecule has 210 valence electrons. The molecule has 1 aromatic heterocycles. The van der Waals surface area contributed by atoms with E-state index in [-0.39, 0.29) is 29.8 Å². The molecule has 0 saturated carbocycles. The van der Waals surface area contributed by atoms with Gasteiger partial charge in [-0.25, -0.2) is 4.39 Å². The predicted octanol–water partition coefficient (Wildman–Crippen LogP) is 4.15. The number of aryl methyl sites for hydroxylation is 1. The van der Waals surface area contributed by atoms with Crippen molar-refractivity contribution in [3.8, 4) is 11.3 Å². The van der Waals surface area contributed by atoms with Gasteiger partial charge in [-0.15, -0.1) is 0 Å². The van der Waals surface area contributed by atoms with Crippen LogP contribution in [0.3, 0.4) is 0 Å². The molecule has 4 aromatic rings. The standard InChI is InChI=1S/C32H31FN4O4/c1-19-8-9-24(31(40)35-4)17-26(19)28-15-14-27(36-30(39)20(2)34-3)32(41)37(28)18-21-6-5-7-23(16-21)29(38)22-10-12-25(33)13-11-22/h5-17,20,34H,18H2,1-4H3,(H,35,40)(H,36,39)/t20-/m0/s1. The Balaban J connectivity index is 1.81. The first-order valence-corrected chi connectivity index (χ1v) is 13.1. The molecule has 0 radical (unpaired) electrons. The smallest absolute Gasteiger partial charge is 0.275 e. The quantitative estimate of drug-likeness (QED) is 0.270. The van der Waals surface area contributed by atoms with Crippen LogP contribution in [0.2, 0.25) is 0 Å². The Bertz CT molecular complexity index is 1680. The first-order chi connectivity index (χ1) is 19.6. The summed E-state index contributed by atoms with van der Waals surface area (Å²) >= 11 is 0. The summed E-state index contributed by atoms with van der Waals surface area (Å²) in [6, 6.07) is 20.1. The van der Waals surface area contributed by atoms with E-state index in [1.54, 1.807) is 75.6 Å². The molecule has 2 amide bonds. The minimum atomic E-state index is -0.525. The zero-order valence-corrected chi connectivity index (χ0v) is 23.2. The maximum atomic E-state index is 13.8. The van der Waals surface area contributed by atoms with Crippen molar-refractivity contribution in [1.29, 1.82) is 0 Å². The van der Waals surface area contributed by atoms with E-state index in [4.69, 9.17) is 0 Å². The fraction of sp³-hybridized carbons (Fsp3) is 0.188. The van der Waals surface area contributed by atoms with Gasteiger partial charge in [0.1, 0.15) is 11.5 Å². The molecule has 0 unspecified atom stereocenters. The highest BCUT2D eigenvalue weighted by molar-refractivity contribution is 6.09. The number of pyridine rings is 1. The number of carbonyl (C=O) groups is 3. The number of carbonyl (C=O) groups excluding carboxylic acids is 3. The third-order valence-electron chi connectivity index (χ3n) is 6.90. The van der Waals surface area contributed by atoms with E-state index in [0.29, 0.717) is 33.5 Å². The van der Waals surface area contributed by atoms with Crippen LogP contribution in [0.15, 0.2) is 83.7 Å². The van der Waals surface area contributed by atoms with Gasteiger partial charge in [0.15, 0.2) is 5.78 Å². The van der Waals surface area contributed by atoms with Crippen molar-refractivity contribution in [3.63, 3.8) is 0 Å². The number of hydrogen-bond acceptors (Lipinski definition) is 5. The number of anilines is 1. The monoisotopic (exact) mass is 554 g/mol. The van der Waals surface area contributed by atoms with Gasteiger partial charge in [-0.2, -0.15) is 0 Å². The third-order valence-corrected chi connectivity index (χ3v) is 6.90. The average Bonchev–Trinajstić information content (AvgIpc) is 2.99. The van der Waals surface area contributed by atoms with Crippen LogP contribution in [0, 0.1) is 12.7 Å². The SMILES string of the molecule is CNC(=O)c1ccc(C)c(-c2ccc(NC(=O)[C@H](C)NC)c(=O)n2Cc2cccc(C(=O)c3ccc(F)cc3)c2)c1. The molecule has 3 aromatic carbocycles. The lowest BCUT2D eigenvalue weighted by Gasteiger charge is -2.18. The zero-order chi connectivity index (χ0) is 29.7. The topological polar surface area (TPSA) is 109 Å². The number of ketones is 1. The molecule has 9 heteroatoms. The van der Waals surface area contributed by atoms with Crippen molar-refractivity contribution in [1.82, 2.24) is 15.2 Å². The molecule has 8 nitrogen and oxygen atoms in total. The Morgan fingerprint density at radius 2 is 1.59 bits per heavy atom. The highest BCUT2D eigenvalue weighted by atomic mass is 19.1. The van der Waals surface area contributed by atoms with Crippen molar-refractivity contribution in [2.45, 2.75) is 26.4 Å². The summed E-state index contributed by atoms with van der Waals surface area (Å²) in [6.45, 7) is 3.64. The van der Waals surface area contributed by atoms with Crippen molar-refractivity contribution in [2.75, 3.05) is 19.4 Å². The van der Waals surface area contributed by atoms with E-state index in [0.717, 1.165) is 5.56 Å². The van der Waals surface area contributed by atoms with Crippen LogP contribution in [0.5, 0.6) is 0 Å². The Kier molecular flexibility index (Phi) is 8.89. The van der Waals surface area contributed by atoms with Crippen LogP contribution in [0.1, 0.15) is 44.3 Å². The van der Waals surface area contributed by atoms with Gasteiger partial charge in [0.2, 0.25) is 5.91 Å². The second kappa shape index (κ2) is 12.5. The van der Waals surface area contributed by atoms with E-state index in [1.807, 2.05) is 6.92 Å². The van der Waals surface area contributed by atoms with Gasteiger partial charge in [-0.3, -0.25) is 19.2 Å². The lowest BCUT2D eigenvalue weighted by Crippen LogP contribution is -2.37. The first-order valence-electron chi connectivity index (χ1n) is 13.1. The highest BCUT2D eigenvalue weighted by Crippen LogP contribution is 2.26. The molecular formula is C32H31FN4O4. The third kappa shape index (κ3) is 6.47. The summed E-state index contributed by atoms with van der Waals surface area (Å²) in [5.41, 5.74) is 3.51. The molecule has 0 saturated heterocycles. The molecule has 0 bridgehead atoms. The Hall–Kier alpha value is -4.89. The zero-order valence-electron chi connectivity index (χ0n) is 23.2. The average molecular weight is 555 g/mol. The van der Waals surface area contributed by atoms with Crippen molar-refractivity contribution < 1.29 is 18.8 Å². The van der Waals surface area contributed by atoms with E-state index >= 15 is 0 Å². The van der Waals surface area contributed by atoms with E-state index in [9.17, 15) is 23.6 Å². The van der Waals surface area contributed by atoms with Gasteiger partial charge >= 0.3 is 0 Å². The minimum absolute atomic E-state index is 0.0770. The number of benzene rings is 3. The number of aromatic nitrogens is 1. The summed E-state index contributed by atoms with van der Waals surface area (Å²) < 4.78 is 14.9. The van der Waals surface area contributed by atoms with Crippen LogP contribution in [0.25, 0.3) is 11.3 Å². The van der Waals surface area contributed by atoms with Crippen molar-refractivity contribution >= 4 is 23.3 Å². The van der Waals surface area contributed by atoms with E-state index < -0.39 is 17.4 Å². The number of amides is 2. The summed E-state index contributed by atoms with van der Waals surface area (Å²) in [4.78, 5) is 51.8. The van der Waals surface area contributed by atoms with E-state index in [2.05, 4.69) is 16.0 Å². The molecule has 4 rings (SSSR count). The molecular weight excluding hydrogens is 523 g/mol. The summed E-state index contributed by atoms with van der Waals surface area (Å²) in [5, 5.41) is 8.15.